The molecule has 0 heterocycles. The number of aromatic carboxylic acids is 1. The Balaban J connectivity index is 1.77. The number of hydrogen-bond donors (Lipinski definition) is 2. The number of ether oxygens (including phenoxy) is 1. The van der Waals surface area contributed by atoms with Gasteiger partial charge >= 0.3 is 12.1 Å². The van der Waals surface area contributed by atoms with Gasteiger partial charge in [0.05, 0.1) is 16.8 Å². The van der Waals surface area contributed by atoms with Gasteiger partial charge in [-0.05, 0) is 54.6 Å². The molecular weight excluding hydrogens is 387 g/mol. The lowest BCUT2D eigenvalue weighted by molar-refractivity contribution is -0.137. The molecule has 0 aromatic heterocycles. The maximum atomic E-state index is 12.8. The van der Waals surface area contributed by atoms with Crippen LogP contribution in [0, 0.1) is 0 Å². The molecule has 29 heavy (non-hydrogen) atoms. The van der Waals surface area contributed by atoms with Gasteiger partial charge in [0.25, 0.3) is 5.91 Å². The fourth-order valence-electron chi connectivity index (χ4n) is 2.50. The molecule has 3 aromatic carbocycles. The Kier molecular flexibility index (Phi) is 5.54. The van der Waals surface area contributed by atoms with Crippen LogP contribution in [0.4, 0.5) is 18.9 Å². The molecule has 0 aliphatic rings. The number of rotatable bonds is 5. The number of benzene rings is 3. The van der Waals surface area contributed by atoms with E-state index < -0.39 is 29.2 Å². The zero-order chi connectivity index (χ0) is 21.0. The van der Waals surface area contributed by atoms with Gasteiger partial charge in [0, 0.05) is 5.56 Å². The zero-order valence-corrected chi connectivity index (χ0v) is 14.7. The predicted octanol–water partition coefficient (Wildman–Crippen LogP) is 5.45. The van der Waals surface area contributed by atoms with E-state index in [1.54, 1.807) is 36.4 Å². The average molecular weight is 401 g/mol. The van der Waals surface area contributed by atoms with Crippen molar-refractivity contribution in [3.05, 3.63) is 89.5 Å². The smallest absolute Gasteiger partial charge is 0.416 e. The van der Waals surface area contributed by atoms with Crippen LogP contribution in [0.1, 0.15) is 26.3 Å². The van der Waals surface area contributed by atoms with E-state index in [2.05, 4.69) is 5.32 Å². The summed E-state index contributed by atoms with van der Waals surface area (Å²) in [7, 11) is 0. The van der Waals surface area contributed by atoms with Crippen LogP contribution in [0.5, 0.6) is 11.5 Å². The van der Waals surface area contributed by atoms with Crippen LogP contribution in [-0.4, -0.2) is 17.0 Å². The number of halogens is 3. The molecule has 0 bridgehead atoms. The van der Waals surface area contributed by atoms with E-state index in [9.17, 15) is 27.9 Å². The minimum absolute atomic E-state index is 0.182. The first kappa shape index (κ1) is 19.9. The van der Waals surface area contributed by atoms with Crippen LogP contribution in [0.25, 0.3) is 0 Å². The second-order valence-electron chi connectivity index (χ2n) is 5.96. The first-order chi connectivity index (χ1) is 13.7. The molecule has 0 aliphatic heterocycles. The first-order valence-electron chi connectivity index (χ1n) is 8.33. The lowest BCUT2D eigenvalue weighted by Gasteiger charge is -2.12. The Morgan fingerprint density at radius 2 is 1.48 bits per heavy atom. The fourth-order valence-corrected chi connectivity index (χ4v) is 2.50. The van der Waals surface area contributed by atoms with Crippen molar-refractivity contribution in [1.82, 2.24) is 0 Å². The topological polar surface area (TPSA) is 75.6 Å². The highest BCUT2D eigenvalue weighted by Gasteiger charge is 2.32. The van der Waals surface area contributed by atoms with Gasteiger partial charge in [-0.25, -0.2) is 4.79 Å². The minimum Gasteiger partial charge on any atom is -0.478 e. The van der Waals surface area contributed by atoms with Gasteiger partial charge < -0.3 is 15.2 Å². The fraction of sp³-hybridized carbons (Fsp3) is 0.0476. The van der Waals surface area contributed by atoms with Crippen LogP contribution in [0.15, 0.2) is 72.8 Å². The van der Waals surface area contributed by atoms with Crippen LogP contribution >= 0.6 is 0 Å². The molecule has 1 amide bonds. The van der Waals surface area contributed by atoms with E-state index in [0.717, 1.165) is 6.07 Å². The summed E-state index contributed by atoms with van der Waals surface area (Å²) in [6, 6.07) is 17.1. The molecule has 2 N–H and O–H groups in total. The second kappa shape index (κ2) is 8.05. The molecule has 0 spiro atoms. The van der Waals surface area contributed by atoms with E-state index in [1.165, 1.54) is 12.1 Å². The summed E-state index contributed by atoms with van der Waals surface area (Å²) in [5.74, 6) is -1.16. The lowest BCUT2D eigenvalue weighted by atomic mass is 10.1. The summed E-state index contributed by atoms with van der Waals surface area (Å²) in [5.41, 5.74) is -1.82. The number of para-hydroxylation sites is 1. The SMILES string of the molecule is O=C(Nc1ccc(C(F)(F)F)cc1C(=O)O)c1ccc(Oc2ccccc2)cc1. The Hall–Kier alpha value is -3.81. The highest BCUT2D eigenvalue weighted by atomic mass is 19.4. The van der Waals surface area contributed by atoms with Crippen LogP contribution in [0.3, 0.4) is 0 Å². The van der Waals surface area contributed by atoms with E-state index >= 15 is 0 Å². The molecule has 3 rings (SSSR count). The van der Waals surface area contributed by atoms with Crippen LogP contribution in [-0.2, 0) is 6.18 Å². The van der Waals surface area contributed by atoms with Gasteiger partial charge in [-0.15, -0.1) is 0 Å². The third kappa shape index (κ3) is 4.92. The number of alkyl halides is 3. The highest BCUT2D eigenvalue weighted by molar-refractivity contribution is 6.07. The van der Waals surface area contributed by atoms with Crippen molar-refractivity contribution in [2.24, 2.45) is 0 Å². The van der Waals surface area contributed by atoms with Crippen molar-refractivity contribution in [1.29, 1.82) is 0 Å². The van der Waals surface area contributed by atoms with Crippen molar-refractivity contribution >= 4 is 17.6 Å². The van der Waals surface area contributed by atoms with Gasteiger partial charge in [-0.2, -0.15) is 13.2 Å². The van der Waals surface area contributed by atoms with Crippen molar-refractivity contribution in [3.8, 4) is 11.5 Å². The number of carbonyl (C=O) groups excluding carboxylic acids is 1. The number of carbonyl (C=O) groups is 2. The van der Waals surface area contributed by atoms with Gasteiger partial charge in [0.15, 0.2) is 0 Å². The number of amides is 1. The van der Waals surface area contributed by atoms with Crippen LogP contribution < -0.4 is 10.1 Å². The summed E-state index contributed by atoms with van der Waals surface area (Å²) in [5, 5.41) is 11.5. The number of carboxylic acids is 1. The van der Waals surface area contributed by atoms with Crippen LogP contribution in [0.2, 0.25) is 0 Å². The van der Waals surface area contributed by atoms with E-state index in [0.29, 0.717) is 23.6 Å². The zero-order valence-electron chi connectivity index (χ0n) is 14.7. The molecule has 0 atom stereocenters. The quantitative estimate of drug-likeness (QED) is 0.596. The molecule has 0 fully saturated rings. The molecule has 0 unspecified atom stereocenters. The molecule has 8 heteroatoms. The van der Waals surface area contributed by atoms with Gasteiger partial charge in [-0.3, -0.25) is 4.79 Å². The van der Waals surface area contributed by atoms with E-state index in [-0.39, 0.29) is 11.3 Å². The summed E-state index contributed by atoms with van der Waals surface area (Å²) < 4.78 is 44.0. The van der Waals surface area contributed by atoms with Gasteiger partial charge in [0.1, 0.15) is 11.5 Å². The molecule has 148 valence electrons. The van der Waals surface area contributed by atoms with Crippen molar-refractivity contribution in [2.45, 2.75) is 6.18 Å². The van der Waals surface area contributed by atoms with E-state index in [1.807, 2.05) is 6.07 Å². The maximum Gasteiger partial charge on any atom is 0.416 e. The summed E-state index contributed by atoms with van der Waals surface area (Å²) in [6.45, 7) is 0. The molecule has 5 nitrogen and oxygen atoms in total. The Morgan fingerprint density at radius 3 is 2.07 bits per heavy atom. The monoisotopic (exact) mass is 401 g/mol. The standard InChI is InChI=1S/C21H14F3NO4/c22-21(23,24)14-8-11-18(17(12-14)20(27)28)25-19(26)13-6-9-16(10-7-13)29-15-4-2-1-3-5-15/h1-12H,(H,25,26)(H,27,28). The van der Waals surface area contributed by atoms with Crippen molar-refractivity contribution in [2.75, 3.05) is 5.32 Å². The van der Waals surface area contributed by atoms with Gasteiger partial charge in [-0.1, -0.05) is 18.2 Å². The molecular formula is C21H14F3NO4. The highest BCUT2D eigenvalue weighted by Crippen LogP contribution is 2.32. The molecule has 0 saturated heterocycles. The Labute approximate surface area is 163 Å². The third-order valence-corrected chi connectivity index (χ3v) is 3.92. The third-order valence-electron chi connectivity index (χ3n) is 3.92. The van der Waals surface area contributed by atoms with Crippen molar-refractivity contribution in [3.63, 3.8) is 0 Å². The Morgan fingerprint density at radius 1 is 0.862 bits per heavy atom. The lowest BCUT2D eigenvalue weighted by Crippen LogP contribution is -2.16. The largest absolute Gasteiger partial charge is 0.478 e. The maximum absolute atomic E-state index is 12.8. The number of anilines is 1. The number of carboxylic acid groups (broad SMARTS) is 1. The summed E-state index contributed by atoms with van der Waals surface area (Å²) in [6.07, 6.45) is -4.69. The van der Waals surface area contributed by atoms with Gasteiger partial charge in [0.2, 0.25) is 0 Å². The summed E-state index contributed by atoms with van der Waals surface area (Å²) in [4.78, 5) is 23.7. The van der Waals surface area contributed by atoms with E-state index in [4.69, 9.17) is 4.74 Å². The number of nitrogens with one attached hydrogen (secondary N) is 1. The second-order valence-corrected chi connectivity index (χ2v) is 5.96. The number of hydrogen-bond acceptors (Lipinski definition) is 3. The minimum atomic E-state index is -4.69. The Bertz CT molecular complexity index is 1030. The molecule has 0 saturated carbocycles. The molecule has 0 radical (unpaired) electrons. The first-order valence-corrected chi connectivity index (χ1v) is 8.33. The summed E-state index contributed by atoms with van der Waals surface area (Å²) >= 11 is 0. The normalized spacial score (nSPS) is 11.0. The molecule has 3 aromatic rings. The molecule has 0 aliphatic carbocycles. The predicted molar refractivity (Wildman–Crippen MR) is 99.3 cm³/mol. The van der Waals surface area contributed by atoms with Crippen molar-refractivity contribution < 1.29 is 32.6 Å². The average Bonchev–Trinajstić information content (AvgIpc) is 2.68.